The summed E-state index contributed by atoms with van der Waals surface area (Å²) in [6.07, 6.45) is 0. The number of nitrogens with zero attached hydrogens (tertiary/aromatic N) is 2. The zero-order chi connectivity index (χ0) is 19.4. The molecule has 0 aliphatic carbocycles. The van der Waals surface area contributed by atoms with Crippen molar-refractivity contribution in [3.8, 4) is 0 Å². The predicted molar refractivity (Wildman–Crippen MR) is 96.3 cm³/mol. The minimum absolute atomic E-state index is 0.0437. The van der Waals surface area contributed by atoms with E-state index in [9.17, 15) is 19.7 Å². The quantitative estimate of drug-likeness (QED) is 0.319. The van der Waals surface area contributed by atoms with Gasteiger partial charge in [0.25, 0.3) is 5.69 Å². The number of ether oxygens (including phenoxy) is 2. The summed E-state index contributed by atoms with van der Waals surface area (Å²) in [5, 5.41) is 15.4. The number of alkyl halides is 1. The average molecular weight is 447 g/mol. The number of halogens is 2. The minimum Gasteiger partial charge on any atom is -0.466 e. The number of nitro groups is 1. The second kappa shape index (κ2) is 8.28. The Morgan fingerprint density at radius 3 is 2.54 bits per heavy atom. The highest BCUT2D eigenvalue weighted by Gasteiger charge is 2.39. The van der Waals surface area contributed by atoms with Crippen molar-refractivity contribution in [2.45, 2.75) is 5.92 Å². The van der Waals surface area contributed by atoms with E-state index in [4.69, 9.17) is 21.1 Å². The summed E-state index contributed by atoms with van der Waals surface area (Å²) < 4.78 is 9.53. The summed E-state index contributed by atoms with van der Waals surface area (Å²) in [6.45, 7) is 0. The molecule has 0 saturated carbocycles. The van der Waals surface area contributed by atoms with E-state index >= 15 is 0 Å². The molecule has 1 atom stereocenters. The van der Waals surface area contributed by atoms with Gasteiger partial charge in [-0.05, 0) is 11.6 Å². The fraction of sp³-hybridized carbons (Fsp3) is 0.267. The summed E-state index contributed by atoms with van der Waals surface area (Å²) in [5.41, 5.74) is 2.70. The topological polar surface area (TPSA) is 120 Å². The van der Waals surface area contributed by atoms with E-state index < -0.39 is 22.8 Å². The van der Waals surface area contributed by atoms with Gasteiger partial charge >= 0.3 is 11.9 Å². The van der Waals surface area contributed by atoms with Gasteiger partial charge in [-0.2, -0.15) is 5.10 Å². The van der Waals surface area contributed by atoms with Crippen molar-refractivity contribution < 1.29 is 24.0 Å². The first-order chi connectivity index (χ1) is 12.3. The normalized spacial score (nSPS) is 16.5. The van der Waals surface area contributed by atoms with Crippen LogP contribution in [0.15, 0.2) is 34.6 Å². The van der Waals surface area contributed by atoms with Crippen molar-refractivity contribution in [3.05, 3.63) is 50.2 Å². The molecule has 9 nitrogen and oxygen atoms in total. The van der Waals surface area contributed by atoms with Crippen LogP contribution in [0, 0.1) is 10.1 Å². The second-order valence-electron chi connectivity index (χ2n) is 5.01. The number of hydrazone groups is 1. The van der Waals surface area contributed by atoms with Crippen LogP contribution in [0.25, 0.3) is 0 Å². The number of hydrogen-bond donors (Lipinski definition) is 1. The Kier molecular flexibility index (Phi) is 6.32. The van der Waals surface area contributed by atoms with Crippen molar-refractivity contribution in [2.24, 2.45) is 5.10 Å². The lowest BCUT2D eigenvalue weighted by molar-refractivity contribution is -0.384. The maximum atomic E-state index is 12.4. The molecular weight excluding hydrogens is 434 g/mol. The van der Waals surface area contributed by atoms with Crippen LogP contribution in [0.4, 0.5) is 5.69 Å². The zero-order valence-corrected chi connectivity index (χ0v) is 16.0. The molecule has 0 saturated heterocycles. The molecule has 26 heavy (non-hydrogen) atoms. The van der Waals surface area contributed by atoms with Gasteiger partial charge in [0, 0.05) is 22.5 Å². The van der Waals surface area contributed by atoms with Crippen LogP contribution in [0.3, 0.4) is 0 Å². The molecule has 0 radical (unpaired) electrons. The number of nitro benzene ring substituents is 1. The van der Waals surface area contributed by atoms with Crippen LogP contribution < -0.4 is 5.43 Å². The average Bonchev–Trinajstić information content (AvgIpc) is 2.65. The Morgan fingerprint density at radius 2 is 2.00 bits per heavy atom. The summed E-state index contributed by atoms with van der Waals surface area (Å²) >= 11 is 9.44. The van der Waals surface area contributed by atoms with Gasteiger partial charge in [-0.3, -0.25) is 15.5 Å². The fourth-order valence-electron chi connectivity index (χ4n) is 2.45. The molecule has 1 heterocycles. The number of benzene rings is 1. The van der Waals surface area contributed by atoms with Gasteiger partial charge < -0.3 is 9.47 Å². The Hall–Kier alpha value is -2.46. The number of hydrogen-bond acceptors (Lipinski definition) is 8. The molecule has 0 amide bonds. The molecule has 1 aromatic carbocycles. The molecule has 0 aromatic heterocycles. The van der Waals surface area contributed by atoms with Crippen molar-refractivity contribution >= 4 is 50.9 Å². The van der Waals surface area contributed by atoms with Gasteiger partial charge in [0.05, 0.1) is 36.3 Å². The van der Waals surface area contributed by atoms with Crippen molar-refractivity contribution in [2.75, 3.05) is 19.5 Å². The van der Waals surface area contributed by atoms with E-state index in [1.54, 1.807) is 0 Å². The lowest BCUT2D eigenvalue weighted by Crippen LogP contribution is -2.36. The highest BCUT2D eigenvalue weighted by molar-refractivity contribution is 9.09. The molecule has 0 bridgehead atoms. The predicted octanol–water partition coefficient (Wildman–Crippen LogP) is 2.29. The van der Waals surface area contributed by atoms with E-state index in [0.717, 1.165) is 7.11 Å². The number of carbonyl (C=O) groups is 2. The maximum absolute atomic E-state index is 12.4. The largest absolute Gasteiger partial charge is 0.466 e. The molecule has 2 rings (SSSR count). The summed E-state index contributed by atoms with van der Waals surface area (Å²) in [5.74, 6) is -2.66. The van der Waals surface area contributed by atoms with Gasteiger partial charge in [-0.25, -0.2) is 9.59 Å². The van der Waals surface area contributed by atoms with E-state index in [2.05, 4.69) is 26.5 Å². The molecule has 1 aliphatic heterocycles. The van der Waals surface area contributed by atoms with Gasteiger partial charge in [-0.1, -0.05) is 27.5 Å². The molecule has 1 aliphatic rings. The molecule has 1 N–H and O–H groups in total. The number of carbonyl (C=O) groups excluding carboxylic acids is 2. The summed E-state index contributed by atoms with van der Waals surface area (Å²) in [4.78, 5) is 35.1. The van der Waals surface area contributed by atoms with Crippen LogP contribution in [0.1, 0.15) is 11.5 Å². The maximum Gasteiger partial charge on any atom is 0.355 e. The third-order valence-electron chi connectivity index (χ3n) is 3.63. The van der Waals surface area contributed by atoms with E-state index in [-0.39, 0.29) is 32.9 Å². The third kappa shape index (κ3) is 3.70. The summed E-state index contributed by atoms with van der Waals surface area (Å²) in [6, 6.07) is 3.72. The molecule has 0 fully saturated rings. The number of rotatable bonds is 5. The van der Waals surface area contributed by atoms with Gasteiger partial charge in [0.2, 0.25) is 0 Å². The second-order valence-corrected chi connectivity index (χ2v) is 5.98. The van der Waals surface area contributed by atoms with Crippen molar-refractivity contribution in [1.29, 1.82) is 0 Å². The smallest absolute Gasteiger partial charge is 0.355 e. The number of allylic oxidation sites excluding steroid dienone is 1. The fourth-order valence-corrected chi connectivity index (χ4v) is 3.11. The lowest BCUT2D eigenvalue weighted by Gasteiger charge is -2.27. The standard InChI is InChI=1S/C15H13BrClN3O6/c1-25-14(21)12-10(6-16)18-19-13(15(22)26-2)11(12)8-5-7(20(23)24)3-4-9(8)17/h3-5,11,18H,6H2,1-2H3. The number of nitrogens with one attached hydrogen (secondary N) is 1. The number of esters is 2. The van der Waals surface area contributed by atoms with Crippen molar-refractivity contribution in [3.63, 3.8) is 0 Å². The first-order valence-electron chi connectivity index (χ1n) is 7.08. The Labute approximate surface area is 161 Å². The number of non-ortho nitro benzene ring substituents is 1. The monoisotopic (exact) mass is 445 g/mol. The highest BCUT2D eigenvalue weighted by Crippen LogP contribution is 2.37. The van der Waals surface area contributed by atoms with E-state index in [1.165, 1.54) is 25.3 Å². The van der Waals surface area contributed by atoms with Crippen LogP contribution in [0.2, 0.25) is 5.02 Å². The van der Waals surface area contributed by atoms with Crippen LogP contribution in [0.5, 0.6) is 0 Å². The molecule has 1 unspecified atom stereocenters. The Bertz CT molecular complexity index is 839. The summed E-state index contributed by atoms with van der Waals surface area (Å²) in [7, 11) is 2.33. The Balaban J connectivity index is 2.76. The van der Waals surface area contributed by atoms with E-state index in [1.807, 2.05) is 0 Å². The zero-order valence-electron chi connectivity index (χ0n) is 13.6. The van der Waals surface area contributed by atoms with E-state index in [0.29, 0.717) is 5.70 Å². The molecule has 0 spiro atoms. The highest BCUT2D eigenvalue weighted by atomic mass is 79.9. The van der Waals surface area contributed by atoms with Crippen molar-refractivity contribution in [1.82, 2.24) is 5.43 Å². The van der Waals surface area contributed by atoms with Crippen LogP contribution >= 0.6 is 27.5 Å². The molecule has 11 heteroatoms. The molecular formula is C15H13BrClN3O6. The van der Waals surface area contributed by atoms with Gasteiger partial charge in [0.1, 0.15) is 0 Å². The van der Waals surface area contributed by atoms with Crippen LogP contribution in [-0.4, -0.2) is 42.1 Å². The SMILES string of the molecule is COC(=O)C1=NNC(CBr)=C(C(=O)OC)C1c1cc([N+](=O)[O-])ccc1Cl. The first kappa shape index (κ1) is 19.9. The van der Waals surface area contributed by atoms with Gasteiger partial charge in [-0.15, -0.1) is 0 Å². The molecule has 138 valence electrons. The Morgan fingerprint density at radius 1 is 1.35 bits per heavy atom. The minimum atomic E-state index is -1.10. The van der Waals surface area contributed by atoms with Crippen LogP contribution in [-0.2, 0) is 19.1 Å². The first-order valence-corrected chi connectivity index (χ1v) is 8.58. The van der Waals surface area contributed by atoms with Gasteiger partial charge in [0.15, 0.2) is 5.71 Å². The lowest BCUT2D eigenvalue weighted by atomic mass is 9.84. The molecule has 1 aromatic rings. The third-order valence-corrected chi connectivity index (χ3v) is 4.54. The number of methoxy groups -OCH3 is 2.